The van der Waals surface area contributed by atoms with Crippen LogP contribution < -0.4 is 40.0 Å². The third-order valence-electron chi connectivity index (χ3n) is 22.3. The molecule has 15 heterocycles. The number of esters is 5. The Balaban J connectivity index is 0.000000121. The Morgan fingerprint density at radius 1 is 0.331 bits per heavy atom. The molecule has 0 radical (unpaired) electrons. The minimum atomic E-state index is -0.521. The zero-order chi connectivity index (χ0) is 93.7. The van der Waals surface area contributed by atoms with Gasteiger partial charge in [-0.25, -0.2) is 93.4 Å². The molecular weight excluding hydrogens is 1760 g/mol. The number of thioether (sulfide) groups is 2. The van der Waals surface area contributed by atoms with Crippen molar-refractivity contribution in [1.29, 1.82) is 0 Å². The summed E-state index contributed by atoms with van der Waals surface area (Å²) in [5, 5.41) is 30.5. The van der Waals surface area contributed by atoms with Gasteiger partial charge in [-0.2, -0.15) is 25.5 Å². The van der Waals surface area contributed by atoms with Crippen molar-refractivity contribution in [1.82, 2.24) is 73.0 Å². The van der Waals surface area contributed by atoms with E-state index >= 15 is 0 Å². The van der Waals surface area contributed by atoms with E-state index < -0.39 is 42.1 Å². The Kier molecular flexibility index (Phi) is 27.2. The van der Waals surface area contributed by atoms with Crippen LogP contribution in [0.4, 0.5) is 51.0 Å². The lowest BCUT2D eigenvalue weighted by Crippen LogP contribution is -2.25. The smallest absolute Gasteiger partial charge is 0.344 e. The molecule has 0 amide bonds. The maximum Gasteiger partial charge on any atom is 0.344 e. The zero-order valence-electron chi connectivity index (χ0n) is 74.0. The number of ether oxygens (including phenoxy) is 8. The molecule has 3 N–H and O–H groups in total. The SMILES string of the molecule is C[C@@H]1CCOc2ccc(F)cc2[C@@H](C)Nc2ccn3ncc(c3n2)C(=O)O1.C[C@@H]1COc2ccc(F)cc2[C@@H](C)Nc2ccn3ncc(c3n2)C(=O)O1.C[C@@H]1c2cc(F)ccc2O[C@@H](C)COC(=O)c2cnn3ccc(nc23)N1C.C[C@@H]1c2cc(F)ccc2S[C@@H](C)COC(=O)c2cnn3ccc(nc23)N1C.C[C@H]1COC(=O)c2cnn3ccc(nc23)N[C@H](C)c2cc(F)ccc2S1. The van der Waals surface area contributed by atoms with Gasteiger partial charge in [0.1, 0.15) is 148 Å². The van der Waals surface area contributed by atoms with Crippen molar-refractivity contribution in [2.75, 3.05) is 72.9 Å². The lowest BCUT2D eigenvalue weighted by atomic mass is 10.1. The molecule has 0 saturated carbocycles. The Morgan fingerprint density at radius 2 is 0.654 bits per heavy atom. The van der Waals surface area contributed by atoms with E-state index in [9.17, 15) is 45.9 Å². The summed E-state index contributed by atoms with van der Waals surface area (Å²) in [6.07, 6.45) is 15.1. The van der Waals surface area contributed by atoms with Crippen LogP contribution in [0.1, 0.15) is 185 Å². The first-order valence-corrected chi connectivity index (χ1v) is 44.3. The van der Waals surface area contributed by atoms with Crippen molar-refractivity contribution in [2.45, 2.75) is 144 Å². The first-order valence-electron chi connectivity index (χ1n) is 42.5. The summed E-state index contributed by atoms with van der Waals surface area (Å²) in [4.78, 5) is 90.6. The van der Waals surface area contributed by atoms with Gasteiger partial charge in [0.15, 0.2) is 28.2 Å². The van der Waals surface area contributed by atoms with Crippen LogP contribution in [0, 0.1) is 29.1 Å². The average Bonchev–Trinajstić information content (AvgIpc) is 1.70. The van der Waals surface area contributed by atoms with E-state index in [0.29, 0.717) is 121 Å². The summed E-state index contributed by atoms with van der Waals surface area (Å²) in [6, 6.07) is 30.5. The summed E-state index contributed by atoms with van der Waals surface area (Å²) in [6.45, 7) is 20.0. The van der Waals surface area contributed by atoms with Crippen LogP contribution in [-0.2, 0) is 23.7 Å². The van der Waals surface area contributed by atoms with Gasteiger partial charge >= 0.3 is 29.8 Å². The minimum Gasteiger partial charge on any atom is -0.493 e. The average molecular weight is 1860 g/mol. The van der Waals surface area contributed by atoms with E-state index in [1.807, 2.05) is 78.4 Å². The minimum absolute atomic E-state index is 0.0123. The molecule has 5 aliphatic rings. The Bertz CT molecular complexity index is 6740. The van der Waals surface area contributed by atoms with Gasteiger partial charge in [0.05, 0.1) is 67.8 Å². The Labute approximate surface area is 766 Å². The van der Waals surface area contributed by atoms with E-state index in [0.717, 1.165) is 20.9 Å². The summed E-state index contributed by atoms with van der Waals surface area (Å²) in [7, 11) is 3.76. The normalized spacial score (nSPS) is 20.4. The van der Waals surface area contributed by atoms with E-state index in [1.165, 1.54) is 104 Å². The fraction of sp³-hybridized carbons (Fsp3) is 0.301. The molecule has 20 rings (SSSR count). The molecule has 15 aromatic rings. The third-order valence-corrected chi connectivity index (χ3v) is 24.6. The fourth-order valence-electron chi connectivity index (χ4n) is 14.9. The van der Waals surface area contributed by atoms with Crippen molar-refractivity contribution < 1.29 is 83.8 Å². The van der Waals surface area contributed by atoms with Crippen LogP contribution in [0.25, 0.3) is 28.2 Å². The van der Waals surface area contributed by atoms with Crippen LogP contribution >= 0.6 is 23.5 Å². The number of cyclic esters (lactones) is 5. The van der Waals surface area contributed by atoms with Crippen LogP contribution in [-0.4, -0.2) is 179 Å². The van der Waals surface area contributed by atoms with Gasteiger partial charge in [-0.05, 0) is 202 Å². The number of aromatic nitrogens is 15. The second-order valence-corrected chi connectivity index (χ2v) is 35.1. The number of nitrogens with zero attached hydrogens (tertiary/aromatic N) is 17. The molecule has 133 heavy (non-hydrogen) atoms. The molecule has 10 atom stereocenters. The highest BCUT2D eigenvalue weighted by atomic mass is 32.2. The maximum absolute atomic E-state index is 14.0. The second-order valence-electron chi connectivity index (χ2n) is 32.2. The Morgan fingerprint density at radius 3 is 1.10 bits per heavy atom. The van der Waals surface area contributed by atoms with Gasteiger partial charge in [-0.3, -0.25) is 0 Å². The van der Waals surface area contributed by atoms with Gasteiger partial charge in [0.2, 0.25) is 0 Å². The van der Waals surface area contributed by atoms with E-state index in [1.54, 1.807) is 140 Å². The van der Waals surface area contributed by atoms with Crippen molar-refractivity contribution in [3.63, 3.8) is 0 Å². The molecule has 0 spiro atoms. The highest BCUT2D eigenvalue weighted by Gasteiger charge is 2.31. The molecule has 10 bridgehead atoms. The predicted molar refractivity (Wildman–Crippen MR) is 484 cm³/mol. The number of hydrogen-bond donors (Lipinski definition) is 3. The highest BCUT2D eigenvalue weighted by Crippen LogP contribution is 2.40. The van der Waals surface area contributed by atoms with Gasteiger partial charge in [-0.1, -0.05) is 0 Å². The number of anilines is 5. The standard InChI is InChI=1S/2C19H19FN4O3.C19H19FN4O2S.C18H17FN4O3.C18H17FN4O2S/c1-11-10-26-19(25)15-9-21-24-7-6-17(22-18(15)24)23(3)12(2)14-8-13(20)4-5-16(14)27-11;1-11-6-8-26-16-4-3-13(20)9-14(16)12(2)22-17-5-7-24-18(23-17)15(10-21-24)19(25)27-11;1-11-10-26-19(25)15-9-21-24-7-6-17(22-18(15)24)23(3)12(2)14-8-13(20)4-5-16(14)27-11;1-10-9-25-15-4-3-12(19)7-13(15)11(2)21-16-5-6-23-17(22-16)14(8-20-23)18(24)26-10;1-10-9-25-18(24)14-8-20-23-6-5-16(22-17(14)23)21-11(2)13-7-12(19)3-4-15(13)26-10/h4-9,11-12H,10H2,1-3H3;3-5,7,9-12H,6,8H2,1-2H3,(H,22,23);4-9,11-12H,10H2,1-3H3;2*3-8,10-11H,9H2,1-2H3,(H,21,22)/t11-,12+;11-,12-;11-,12+;10-,11-;10-,11+/m01010/s1. The molecule has 0 aliphatic carbocycles. The number of rotatable bonds is 0. The number of carbonyl (C=O) groups excluding carboxylic acids is 5. The molecule has 33 nitrogen and oxygen atoms in total. The number of nitrogens with one attached hydrogen (secondary N) is 3. The van der Waals surface area contributed by atoms with Gasteiger partial charge in [0, 0.05) is 88.5 Å². The quantitative estimate of drug-likeness (QED) is 0.0721. The molecule has 0 unspecified atom stereocenters. The molecule has 10 aromatic heterocycles. The molecule has 0 saturated heterocycles. The van der Waals surface area contributed by atoms with Crippen molar-refractivity contribution in [3.05, 3.63) is 268 Å². The van der Waals surface area contributed by atoms with E-state index in [2.05, 4.69) is 66.4 Å². The molecular formula is C93H91F5N20O13S2. The van der Waals surface area contributed by atoms with Crippen LogP contribution in [0.2, 0.25) is 0 Å². The van der Waals surface area contributed by atoms with Crippen molar-refractivity contribution in [2.24, 2.45) is 0 Å². The number of hydrogen-bond acceptors (Lipinski definition) is 30. The third kappa shape index (κ3) is 20.7. The summed E-state index contributed by atoms with van der Waals surface area (Å²) in [5.74, 6) is 0.551. The zero-order valence-corrected chi connectivity index (χ0v) is 75.6. The number of carbonyl (C=O) groups is 5. The van der Waals surface area contributed by atoms with Crippen molar-refractivity contribution in [3.8, 4) is 17.2 Å². The molecule has 40 heteroatoms. The van der Waals surface area contributed by atoms with Crippen LogP contribution in [0.15, 0.2) is 193 Å². The lowest BCUT2D eigenvalue weighted by molar-refractivity contribution is 0.0227. The molecule has 5 aliphatic heterocycles. The van der Waals surface area contributed by atoms with Gasteiger partial charge < -0.3 is 63.6 Å². The molecule has 0 fully saturated rings. The number of fused-ring (bicyclic) bond motifs is 10. The van der Waals surface area contributed by atoms with Gasteiger partial charge in [0.25, 0.3) is 0 Å². The van der Waals surface area contributed by atoms with Crippen LogP contribution in [0.5, 0.6) is 17.2 Å². The summed E-state index contributed by atoms with van der Waals surface area (Å²) < 4.78 is 122. The first-order chi connectivity index (χ1) is 63.9. The number of halogens is 5. The Hall–Kier alpha value is -14.7. The monoisotopic (exact) mass is 1850 g/mol. The highest BCUT2D eigenvalue weighted by molar-refractivity contribution is 8.00. The lowest BCUT2D eigenvalue weighted by Gasteiger charge is -2.28. The van der Waals surface area contributed by atoms with E-state index in [-0.39, 0.29) is 113 Å². The van der Waals surface area contributed by atoms with Gasteiger partial charge in [-0.15, -0.1) is 23.5 Å². The maximum atomic E-state index is 14.0. The largest absolute Gasteiger partial charge is 0.493 e. The summed E-state index contributed by atoms with van der Waals surface area (Å²) >= 11 is 3.11. The first kappa shape index (κ1) is 91.6. The predicted octanol–water partition coefficient (Wildman–Crippen LogP) is 16.8. The number of benzene rings is 5. The molecule has 688 valence electrons. The van der Waals surface area contributed by atoms with Crippen LogP contribution in [0.3, 0.4) is 0 Å². The fourth-order valence-corrected chi connectivity index (χ4v) is 17.1. The topological polar surface area (TPSA) is 353 Å². The van der Waals surface area contributed by atoms with Crippen molar-refractivity contribution >= 4 is 111 Å². The summed E-state index contributed by atoms with van der Waals surface area (Å²) in [5.41, 5.74) is 7.29. The van der Waals surface area contributed by atoms with E-state index in [4.69, 9.17) is 37.9 Å². The second kappa shape index (κ2) is 39.5. The molecule has 5 aromatic carbocycles.